The number of nitrogens with one attached hydrogen (secondary N) is 2. The van der Waals surface area contributed by atoms with Gasteiger partial charge >= 0.3 is 0 Å². The predicted molar refractivity (Wildman–Crippen MR) is 105 cm³/mol. The van der Waals surface area contributed by atoms with Gasteiger partial charge in [0.2, 0.25) is 5.91 Å². The van der Waals surface area contributed by atoms with E-state index in [0.29, 0.717) is 11.5 Å². The van der Waals surface area contributed by atoms with E-state index in [4.69, 9.17) is 0 Å². The summed E-state index contributed by atoms with van der Waals surface area (Å²) in [4.78, 5) is 25.1. The molecule has 1 fully saturated rings. The fraction of sp³-hybridized carbons (Fsp3) is 0.238. The van der Waals surface area contributed by atoms with Gasteiger partial charge in [0, 0.05) is 41.8 Å². The average Bonchev–Trinajstić information content (AvgIpc) is 3.53. The predicted octanol–water partition coefficient (Wildman–Crippen LogP) is 3.12. The fourth-order valence-corrected chi connectivity index (χ4v) is 2.76. The lowest BCUT2D eigenvalue weighted by Crippen LogP contribution is -2.14. The summed E-state index contributed by atoms with van der Waals surface area (Å²) in [5.41, 5.74) is 3.27. The number of rotatable bonds is 3. The van der Waals surface area contributed by atoms with Crippen LogP contribution in [0.1, 0.15) is 29.8 Å². The van der Waals surface area contributed by atoms with E-state index >= 15 is 0 Å². The van der Waals surface area contributed by atoms with Crippen molar-refractivity contribution in [3.05, 3.63) is 53.7 Å². The fourth-order valence-electron chi connectivity index (χ4n) is 2.76. The molecule has 1 aliphatic rings. The van der Waals surface area contributed by atoms with Crippen LogP contribution in [-0.4, -0.2) is 27.9 Å². The summed E-state index contributed by atoms with van der Waals surface area (Å²) in [5, 5.41) is 7.76. The Morgan fingerprint density at radius 3 is 2.63 bits per heavy atom. The number of hydrogen-bond acceptors (Lipinski definition) is 5. The minimum Gasteiger partial charge on any atom is -0.387 e. The first-order valence-electron chi connectivity index (χ1n) is 8.86. The summed E-state index contributed by atoms with van der Waals surface area (Å²) in [6.07, 6.45) is 7.15. The molecule has 6 heteroatoms. The molecule has 6 nitrogen and oxygen atoms in total. The average molecular weight is 357 g/mol. The summed E-state index contributed by atoms with van der Waals surface area (Å²) >= 11 is 0. The number of pyridine rings is 3. The van der Waals surface area contributed by atoms with E-state index in [0.717, 1.165) is 40.6 Å². The van der Waals surface area contributed by atoms with Crippen molar-refractivity contribution in [3.63, 3.8) is 0 Å². The standard InChI is InChI=1S/C21H19N5O/c1-13-19-12-25-20(26-21(27)14-3-4-14)9-18(19)15(10-23-13)5-6-16-7-8-17(22-2)11-24-16/h7-12,14,22H,3-4H2,1-2H3,(H,25,26,27). The highest BCUT2D eigenvalue weighted by atomic mass is 16.2. The minimum absolute atomic E-state index is 0.0362. The zero-order chi connectivity index (χ0) is 18.8. The van der Waals surface area contributed by atoms with Crippen molar-refractivity contribution >= 4 is 28.2 Å². The summed E-state index contributed by atoms with van der Waals surface area (Å²) in [7, 11) is 1.85. The van der Waals surface area contributed by atoms with Gasteiger partial charge in [0.1, 0.15) is 11.5 Å². The van der Waals surface area contributed by atoms with Crippen LogP contribution in [0.2, 0.25) is 0 Å². The summed E-state index contributed by atoms with van der Waals surface area (Å²) in [5.74, 6) is 6.94. The first kappa shape index (κ1) is 17.0. The summed E-state index contributed by atoms with van der Waals surface area (Å²) in [6.45, 7) is 1.93. The maximum absolute atomic E-state index is 12.0. The van der Waals surface area contributed by atoms with Crippen molar-refractivity contribution in [1.82, 2.24) is 15.0 Å². The van der Waals surface area contributed by atoms with Gasteiger partial charge in [-0.15, -0.1) is 0 Å². The molecular formula is C21H19N5O. The van der Waals surface area contributed by atoms with Crippen LogP contribution in [0.4, 0.5) is 11.5 Å². The van der Waals surface area contributed by atoms with Crippen LogP contribution < -0.4 is 10.6 Å². The van der Waals surface area contributed by atoms with E-state index in [1.54, 1.807) is 18.6 Å². The molecule has 0 atom stereocenters. The molecule has 2 N–H and O–H groups in total. The van der Waals surface area contributed by atoms with Crippen molar-refractivity contribution in [2.75, 3.05) is 17.7 Å². The number of anilines is 2. The maximum Gasteiger partial charge on any atom is 0.228 e. The van der Waals surface area contributed by atoms with E-state index < -0.39 is 0 Å². The third-order valence-corrected chi connectivity index (χ3v) is 4.55. The van der Waals surface area contributed by atoms with Crippen LogP contribution in [0.5, 0.6) is 0 Å². The molecule has 27 heavy (non-hydrogen) atoms. The molecule has 0 saturated heterocycles. The Bertz CT molecular complexity index is 1080. The number of amides is 1. The highest BCUT2D eigenvalue weighted by Gasteiger charge is 2.29. The van der Waals surface area contributed by atoms with Crippen LogP contribution in [0.25, 0.3) is 10.8 Å². The van der Waals surface area contributed by atoms with Gasteiger partial charge in [-0.3, -0.25) is 9.78 Å². The molecular weight excluding hydrogens is 338 g/mol. The van der Waals surface area contributed by atoms with Crippen molar-refractivity contribution in [1.29, 1.82) is 0 Å². The molecule has 0 unspecified atom stereocenters. The lowest BCUT2D eigenvalue weighted by molar-refractivity contribution is -0.117. The quantitative estimate of drug-likeness (QED) is 0.704. The first-order chi connectivity index (χ1) is 13.1. The molecule has 0 radical (unpaired) electrons. The second kappa shape index (κ2) is 7.04. The van der Waals surface area contributed by atoms with Crippen LogP contribution in [0.3, 0.4) is 0 Å². The van der Waals surface area contributed by atoms with Gasteiger partial charge in [-0.2, -0.15) is 0 Å². The Morgan fingerprint density at radius 1 is 1.07 bits per heavy atom. The van der Waals surface area contributed by atoms with Crippen molar-refractivity contribution < 1.29 is 4.79 Å². The normalized spacial score (nSPS) is 13.0. The Balaban J connectivity index is 1.69. The molecule has 1 saturated carbocycles. The minimum atomic E-state index is 0.0362. The van der Waals surface area contributed by atoms with Gasteiger partial charge in [-0.1, -0.05) is 5.92 Å². The Hall–Kier alpha value is -3.46. The van der Waals surface area contributed by atoms with Crippen molar-refractivity contribution in [2.45, 2.75) is 19.8 Å². The molecule has 4 rings (SSSR count). The Labute approximate surface area is 157 Å². The van der Waals surface area contributed by atoms with Gasteiger partial charge in [0.15, 0.2) is 0 Å². The molecule has 0 bridgehead atoms. The number of carbonyl (C=O) groups excluding carboxylic acids is 1. The van der Waals surface area contributed by atoms with Gasteiger partial charge in [0.05, 0.1) is 17.4 Å². The molecule has 0 spiro atoms. The van der Waals surface area contributed by atoms with Crippen LogP contribution in [0.15, 0.2) is 36.8 Å². The van der Waals surface area contributed by atoms with E-state index in [1.165, 1.54) is 0 Å². The maximum atomic E-state index is 12.0. The number of nitrogens with zero attached hydrogens (tertiary/aromatic N) is 3. The van der Waals surface area contributed by atoms with Crippen LogP contribution in [-0.2, 0) is 4.79 Å². The Morgan fingerprint density at radius 2 is 1.93 bits per heavy atom. The largest absolute Gasteiger partial charge is 0.387 e. The lowest BCUT2D eigenvalue weighted by atomic mass is 10.1. The summed E-state index contributed by atoms with van der Waals surface area (Å²) in [6, 6.07) is 5.66. The van der Waals surface area contributed by atoms with Crippen molar-refractivity contribution in [2.24, 2.45) is 5.92 Å². The molecule has 0 aliphatic heterocycles. The highest BCUT2D eigenvalue weighted by Crippen LogP contribution is 2.30. The van der Waals surface area contributed by atoms with Crippen molar-refractivity contribution in [3.8, 4) is 11.8 Å². The second-order valence-corrected chi connectivity index (χ2v) is 6.57. The van der Waals surface area contributed by atoms with E-state index in [2.05, 4.69) is 37.4 Å². The van der Waals surface area contributed by atoms with Crippen LogP contribution in [0, 0.1) is 24.7 Å². The van der Waals surface area contributed by atoms with Gasteiger partial charge in [-0.05, 0) is 43.9 Å². The monoisotopic (exact) mass is 357 g/mol. The van der Waals surface area contributed by atoms with Gasteiger partial charge < -0.3 is 10.6 Å². The number of aromatic nitrogens is 3. The molecule has 1 aliphatic carbocycles. The third kappa shape index (κ3) is 3.72. The molecule has 3 aromatic heterocycles. The lowest BCUT2D eigenvalue weighted by Gasteiger charge is -2.07. The zero-order valence-corrected chi connectivity index (χ0v) is 15.2. The number of fused-ring (bicyclic) bond motifs is 1. The van der Waals surface area contributed by atoms with E-state index in [-0.39, 0.29) is 11.8 Å². The molecule has 3 heterocycles. The number of carbonyl (C=O) groups is 1. The molecule has 1 amide bonds. The van der Waals surface area contributed by atoms with E-state index in [1.807, 2.05) is 32.2 Å². The first-order valence-corrected chi connectivity index (χ1v) is 8.86. The molecule has 3 aromatic rings. The number of aryl methyl sites for hydroxylation is 1. The smallest absolute Gasteiger partial charge is 0.228 e. The summed E-state index contributed by atoms with van der Waals surface area (Å²) < 4.78 is 0. The Kier molecular flexibility index (Phi) is 4.43. The zero-order valence-electron chi connectivity index (χ0n) is 15.2. The molecule has 134 valence electrons. The SMILES string of the molecule is CNc1ccc(C#Cc2cnc(C)c3cnc(NC(=O)C4CC4)cc23)nc1. The van der Waals surface area contributed by atoms with Gasteiger partial charge in [-0.25, -0.2) is 9.97 Å². The topological polar surface area (TPSA) is 79.8 Å². The second-order valence-electron chi connectivity index (χ2n) is 6.57. The van der Waals surface area contributed by atoms with Crippen LogP contribution >= 0.6 is 0 Å². The number of hydrogen-bond donors (Lipinski definition) is 2. The van der Waals surface area contributed by atoms with E-state index in [9.17, 15) is 4.79 Å². The highest BCUT2D eigenvalue weighted by molar-refractivity contribution is 5.96. The molecule has 0 aromatic carbocycles. The third-order valence-electron chi connectivity index (χ3n) is 4.55. The van der Waals surface area contributed by atoms with Gasteiger partial charge in [0.25, 0.3) is 0 Å².